The van der Waals surface area contributed by atoms with Crippen molar-refractivity contribution in [2.75, 3.05) is 26.7 Å². The summed E-state index contributed by atoms with van der Waals surface area (Å²) >= 11 is 1.77. The molecule has 1 saturated heterocycles. The molecule has 1 unspecified atom stereocenters. The number of nitrogens with one attached hydrogen (secondary N) is 1. The third-order valence-corrected chi connectivity index (χ3v) is 5.44. The first-order valence-corrected chi connectivity index (χ1v) is 9.31. The third kappa shape index (κ3) is 5.46. The number of thiophene rings is 1. The lowest BCUT2D eigenvalue weighted by Crippen LogP contribution is -2.37. The fourth-order valence-electron chi connectivity index (χ4n) is 3.15. The first-order valence-electron chi connectivity index (χ1n) is 8.43. The molecule has 0 bridgehead atoms. The lowest BCUT2D eigenvalue weighted by molar-refractivity contribution is -0.120. The van der Waals surface area contributed by atoms with Crippen LogP contribution in [0.15, 0.2) is 41.8 Å². The van der Waals surface area contributed by atoms with Gasteiger partial charge in [0.2, 0.25) is 5.91 Å². The number of amides is 1. The Morgan fingerprint density at radius 1 is 1.24 bits per heavy atom. The molecular formula is C19H25ClN2O2S. The highest BCUT2D eigenvalue weighted by Crippen LogP contribution is 2.27. The summed E-state index contributed by atoms with van der Waals surface area (Å²) in [5, 5.41) is 5.23. The molecule has 4 nitrogen and oxygen atoms in total. The molecule has 1 aliphatic heterocycles. The van der Waals surface area contributed by atoms with Gasteiger partial charge in [-0.2, -0.15) is 0 Å². The van der Waals surface area contributed by atoms with E-state index in [0.717, 1.165) is 24.4 Å². The predicted molar refractivity (Wildman–Crippen MR) is 105 cm³/mol. The van der Waals surface area contributed by atoms with E-state index < -0.39 is 0 Å². The Balaban J connectivity index is 0.00000225. The molecule has 0 radical (unpaired) electrons. The number of carbonyl (C=O) groups is 1. The normalized spacial score (nSPS) is 15.4. The van der Waals surface area contributed by atoms with E-state index in [2.05, 4.69) is 27.7 Å². The van der Waals surface area contributed by atoms with Crippen LogP contribution in [0.25, 0.3) is 0 Å². The minimum Gasteiger partial charge on any atom is -0.497 e. The van der Waals surface area contributed by atoms with Gasteiger partial charge < -0.3 is 10.1 Å². The Kier molecular flexibility index (Phi) is 7.75. The van der Waals surface area contributed by atoms with Gasteiger partial charge in [0.1, 0.15) is 5.75 Å². The van der Waals surface area contributed by atoms with E-state index in [0.29, 0.717) is 19.0 Å². The highest BCUT2D eigenvalue weighted by Gasteiger charge is 2.24. The van der Waals surface area contributed by atoms with E-state index in [1.807, 2.05) is 24.3 Å². The Morgan fingerprint density at radius 3 is 2.56 bits per heavy atom. The van der Waals surface area contributed by atoms with E-state index in [-0.39, 0.29) is 18.3 Å². The quantitative estimate of drug-likeness (QED) is 0.796. The standard InChI is InChI=1S/C19H24N2O2S.ClH/c1-23-16-8-6-15(7-9-16)13-19(22)20-14-17(18-5-4-12-24-18)21-10-2-3-11-21;/h4-9,12,17H,2-3,10-11,13-14H2,1H3,(H,20,22);1H. The molecule has 25 heavy (non-hydrogen) atoms. The van der Waals surface area contributed by atoms with Crippen molar-refractivity contribution in [2.24, 2.45) is 0 Å². The number of methoxy groups -OCH3 is 1. The van der Waals surface area contributed by atoms with Crippen LogP contribution in [0.1, 0.15) is 29.3 Å². The van der Waals surface area contributed by atoms with Crippen LogP contribution in [0.3, 0.4) is 0 Å². The van der Waals surface area contributed by atoms with Gasteiger partial charge >= 0.3 is 0 Å². The topological polar surface area (TPSA) is 41.6 Å². The van der Waals surface area contributed by atoms with Crippen LogP contribution in [-0.2, 0) is 11.2 Å². The molecule has 2 heterocycles. The van der Waals surface area contributed by atoms with Crippen LogP contribution in [0, 0.1) is 0 Å². The molecule has 1 aromatic carbocycles. The summed E-state index contributed by atoms with van der Waals surface area (Å²) in [7, 11) is 1.64. The van der Waals surface area contributed by atoms with Crippen LogP contribution in [0.2, 0.25) is 0 Å². The van der Waals surface area contributed by atoms with Gasteiger partial charge in [0.25, 0.3) is 0 Å². The molecule has 1 aromatic heterocycles. The van der Waals surface area contributed by atoms with Crippen LogP contribution in [0.5, 0.6) is 5.75 Å². The number of carbonyl (C=O) groups excluding carboxylic acids is 1. The molecule has 0 saturated carbocycles. The number of rotatable bonds is 7. The summed E-state index contributed by atoms with van der Waals surface area (Å²) < 4.78 is 5.15. The van der Waals surface area contributed by atoms with Gasteiger partial charge in [-0.25, -0.2) is 0 Å². The Bertz CT molecular complexity index is 640. The van der Waals surface area contributed by atoms with E-state index >= 15 is 0 Å². The maximum absolute atomic E-state index is 12.3. The monoisotopic (exact) mass is 380 g/mol. The Morgan fingerprint density at radius 2 is 1.96 bits per heavy atom. The van der Waals surface area contributed by atoms with Crippen molar-refractivity contribution < 1.29 is 9.53 Å². The molecule has 1 N–H and O–H groups in total. The number of ether oxygens (including phenoxy) is 1. The van der Waals surface area contributed by atoms with Crippen LogP contribution < -0.4 is 10.1 Å². The van der Waals surface area contributed by atoms with Gasteiger partial charge in [0.05, 0.1) is 19.6 Å². The molecule has 1 fully saturated rings. The van der Waals surface area contributed by atoms with Crippen molar-refractivity contribution in [1.82, 2.24) is 10.2 Å². The van der Waals surface area contributed by atoms with E-state index in [1.165, 1.54) is 17.7 Å². The second kappa shape index (κ2) is 9.80. The highest BCUT2D eigenvalue weighted by molar-refractivity contribution is 7.10. The van der Waals surface area contributed by atoms with E-state index in [4.69, 9.17) is 4.74 Å². The second-order valence-corrected chi connectivity index (χ2v) is 7.08. The summed E-state index contributed by atoms with van der Waals surface area (Å²) in [6, 6.07) is 12.2. The van der Waals surface area contributed by atoms with Crippen molar-refractivity contribution in [3.63, 3.8) is 0 Å². The van der Waals surface area contributed by atoms with Crippen molar-refractivity contribution in [3.8, 4) is 5.75 Å². The van der Waals surface area contributed by atoms with Crippen LogP contribution in [-0.4, -0.2) is 37.6 Å². The highest BCUT2D eigenvalue weighted by atomic mass is 35.5. The summed E-state index contributed by atoms with van der Waals surface area (Å²) in [6.07, 6.45) is 2.91. The minimum absolute atomic E-state index is 0. The molecule has 0 aliphatic carbocycles. The average molecular weight is 381 g/mol. The molecular weight excluding hydrogens is 356 g/mol. The Labute approximate surface area is 159 Å². The second-order valence-electron chi connectivity index (χ2n) is 6.10. The lowest BCUT2D eigenvalue weighted by Gasteiger charge is -2.27. The van der Waals surface area contributed by atoms with Crippen LogP contribution >= 0.6 is 23.7 Å². The van der Waals surface area contributed by atoms with Gasteiger partial charge in [-0.15, -0.1) is 23.7 Å². The SMILES string of the molecule is COc1ccc(CC(=O)NCC(c2cccs2)N2CCCC2)cc1.Cl. The van der Waals surface area contributed by atoms with Gasteiger partial charge in [-0.05, 0) is 55.1 Å². The predicted octanol–water partition coefficient (Wildman–Crippen LogP) is 3.67. The summed E-state index contributed by atoms with van der Waals surface area (Å²) in [5.74, 6) is 0.881. The smallest absolute Gasteiger partial charge is 0.224 e. The molecule has 0 spiro atoms. The van der Waals surface area contributed by atoms with Crippen molar-refractivity contribution in [3.05, 3.63) is 52.2 Å². The number of likely N-dealkylation sites (tertiary alicyclic amines) is 1. The van der Waals surface area contributed by atoms with Gasteiger partial charge in [-0.3, -0.25) is 9.69 Å². The van der Waals surface area contributed by atoms with E-state index in [9.17, 15) is 4.79 Å². The molecule has 136 valence electrons. The summed E-state index contributed by atoms with van der Waals surface area (Å²) in [6.45, 7) is 2.92. The largest absolute Gasteiger partial charge is 0.497 e. The minimum atomic E-state index is 0. The summed E-state index contributed by atoms with van der Waals surface area (Å²) in [4.78, 5) is 16.1. The zero-order valence-electron chi connectivity index (χ0n) is 14.4. The molecule has 1 aliphatic rings. The number of halogens is 1. The first-order chi connectivity index (χ1) is 11.8. The molecule has 3 rings (SSSR count). The number of nitrogens with zero attached hydrogens (tertiary/aromatic N) is 1. The molecule has 1 amide bonds. The number of hydrogen-bond acceptors (Lipinski definition) is 4. The lowest BCUT2D eigenvalue weighted by atomic mass is 10.1. The van der Waals surface area contributed by atoms with Gasteiger partial charge in [-0.1, -0.05) is 18.2 Å². The van der Waals surface area contributed by atoms with Crippen LogP contribution in [0.4, 0.5) is 0 Å². The zero-order valence-corrected chi connectivity index (χ0v) is 16.1. The van der Waals surface area contributed by atoms with Crippen molar-refractivity contribution in [1.29, 1.82) is 0 Å². The van der Waals surface area contributed by atoms with Crippen molar-refractivity contribution >= 4 is 29.7 Å². The third-order valence-electron chi connectivity index (χ3n) is 4.47. The number of hydrogen-bond donors (Lipinski definition) is 1. The Hall–Kier alpha value is -1.56. The van der Waals surface area contributed by atoms with Gasteiger partial charge in [0.15, 0.2) is 0 Å². The summed E-state index contributed by atoms with van der Waals surface area (Å²) in [5.41, 5.74) is 1.00. The average Bonchev–Trinajstić information content (AvgIpc) is 3.30. The first kappa shape index (κ1) is 19.8. The fourth-order valence-corrected chi connectivity index (χ4v) is 4.01. The molecule has 2 aromatic rings. The maximum atomic E-state index is 12.3. The van der Waals surface area contributed by atoms with E-state index in [1.54, 1.807) is 18.4 Å². The van der Waals surface area contributed by atoms with Gasteiger partial charge in [0, 0.05) is 11.4 Å². The molecule has 1 atom stereocenters. The zero-order chi connectivity index (χ0) is 16.8. The number of benzene rings is 1. The fraction of sp³-hybridized carbons (Fsp3) is 0.421. The maximum Gasteiger partial charge on any atom is 0.224 e. The molecule has 6 heteroatoms. The van der Waals surface area contributed by atoms with Crippen molar-refractivity contribution in [2.45, 2.75) is 25.3 Å².